The number of hydroxylamine groups is 1. The zero-order valence-electron chi connectivity index (χ0n) is 27.1. The van der Waals surface area contributed by atoms with E-state index in [1.807, 2.05) is 4.90 Å². The molecule has 0 spiro atoms. The van der Waals surface area contributed by atoms with E-state index in [2.05, 4.69) is 31.1 Å². The van der Waals surface area contributed by atoms with Crippen molar-refractivity contribution in [2.75, 3.05) is 43.8 Å². The molecule has 0 saturated heterocycles. The quantitative estimate of drug-likeness (QED) is 0.152. The summed E-state index contributed by atoms with van der Waals surface area (Å²) in [7, 11) is 6.34. The van der Waals surface area contributed by atoms with Gasteiger partial charge in [-0.15, -0.1) is 21.5 Å². The number of amides is 4. The molecule has 13 nitrogen and oxygen atoms in total. The van der Waals surface area contributed by atoms with E-state index in [0.29, 0.717) is 21.7 Å². The third-order valence-corrected chi connectivity index (χ3v) is 7.86. The SMILES string of the molecule is CONC(=O)Nc1ccc(-c2sc(N(Cc3c(F)cccc3F)C(=O)OC(C)C)c(C(=O)Nc3ccc(OC)nn3)c2CN(C)C)cc1. The van der Waals surface area contributed by atoms with E-state index in [0.717, 1.165) is 28.4 Å². The molecule has 4 rings (SSSR count). The first-order valence-electron chi connectivity index (χ1n) is 14.5. The summed E-state index contributed by atoms with van der Waals surface area (Å²) in [6.45, 7) is 2.91. The van der Waals surface area contributed by atoms with E-state index < -0.39 is 42.3 Å². The van der Waals surface area contributed by atoms with Crippen molar-refractivity contribution in [2.45, 2.75) is 33.0 Å². The summed E-state index contributed by atoms with van der Waals surface area (Å²) in [6, 6.07) is 12.5. The van der Waals surface area contributed by atoms with Gasteiger partial charge in [0.05, 0.1) is 32.4 Å². The Morgan fingerprint density at radius 3 is 2.15 bits per heavy atom. The van der Waals surface area contributed by atoms with Gasteiger partial charge in [-0.3, -0.25) is 14.5 Å². The van der Waals surface area contributed by atoms with Gasteiger partial charge in [-0.1, -0.05) is 18.2 Å². The van der Waals surface area contributed by atoms with Crippen LogP contribution in [0, 0.1) is 11.6 Å². The molecule has 0 aliphatic carbocycles. The number of aromatic nitrogens is 2. The molecule has 16 heteroatoms. The maximum atomic E-state index is 15.0. The van der Waals surface area contributed by atoms with Crippen LogP contribution in [-0.2, 0) is 22.7 Å². The third-order valence-electron chi connectivity index (χ3n) is 6.56. The second-order valence-corrected chi connectivity index (χ2v) is 11.8. The molecule has 0 fully saturated rings. The Bertz CT molecular complexity index is 1730. The highest BCUT2D eigenvalue weighted by Gasteiger charge is 2.33. The molecular formula is C32H35F2N7O6S. The van der Waals surface area contributed by atoms with Crippen LogP contribution in [0.25, 0.3) is 10.4 Å². The molecule has 4 aromatic rings. The fraction of sp³-hybridized carbons (Fsp3) is 0.281. The van der Waals surface area contributed by atoms with Gasteiger partial charge in [0.2, 0.25) is 5.88 Å². The Hall–Kier alpha value is -5.19. The Morgan fingerprint density at radius 2 is 1.58 bits per heavy atom. The fourth-order valence-corrected chi connectivity index (χ4v) is 5.84. The van der Waals surface area contributed by atoms with E-state index in [-0.39, 0.29) is 34.4 Å². The van der Waals surface area contributed by atoms with Crippen LogP contribution >= 0.6 is 11.3 Å². The highest BCUT2D eigenvalue weighted by molar-refractivity contribution is 7.20. The lowest BCUT2D eigenvalue weighted by Crippen LogP contribution is -2.34. The monoisotopic (exact) mass is 683 g/mol. The Morgan fingerprint density at radius 1 is 0.896 bits per heavy atom. The summed E-state index contributed by atoms with van der Waals surface area (Å²) in [5.41, 5.74) is 3.43. The van der Waals surface area contributed by atoms with Crippen molar-refractivity contribution in [1.82, 2.24) is 20.6 Å². The predicted molar refractivity (Wildman–Crippen MR) is 177 cm³/mol. The van der Waals surface area contributed by atoms with Crippen LogP contribution in [0.15, 0.2) is 54.6 Å². The number of benzene rings is 2. The van der Waals surface area contributed by atoms with Crippen LogP contribution in [0.2, 0.25) is 0 Å². The van der Waals surface area contributed by atoms with E-state index >= 15 is 0 Å². The van der Waals surface area contributed by atoms with E-state index in [4.69, 9.17) is 9.47 Å². The zero-order chi connectivity index (χ0) is 35.0. The van der Waals surface area contributed by atoms with Crippen molar-refractivity contribution in [2.24, 2.45) is 0 Å². The topological polar surface area (TPSA) is 147 Å². The predicted octanol–water partition coefficient (Wildman–Crippen LogP) is 6.04. The molecule has 0 bridgehead atoms. The first-order valence-corrected chi connectivity index (χ1v) is 15.3. The minimum absolute atomic E-state index is 0.0560. The van der Waals surface area contributed by atoms with E-state index in [1.165, 1.54) is 32.4 Å². The van der Waals surface area contributed by atoms with Crippen LogP contribution in [0.1, 0.15) is 35.3 Å². The molecule has 0 unspecified atom stereocenters. The lowest BCUT2D eigenvalue weighted by Gasteiger charge is -2.24. The molecule has 0 aliphatic heterocycles. The van der Waals surface area contributed by atoms with Crippen LogP contribution in [0.3, 0.4) is 0 Å². The van der Waals surface area contributed by atoms with Crippen molar-refractivity contribution >= 4 is 45.9 Å². The maximum absolute atomic E-state index is 15.0. The highest BCUT2D eigenvalue weighted by Crippen LogP contribution is 2.44. The van der Waals surface area contributed by atoms with Gasteiger partial charge in [0, 0.05) is 28.7 Å². The van der Waals surface area contributed by atoms with Crippen LogP contribution in [0.5, 0.6) is 5.88 Å². The molecule has 2 heterocycles. The second kappa shape index (κ2) is 16.1. The molecule has 0 radical (unpaired) electrons. The number of urea groups is 1. The van der Waals surface area contributed by atoms with Gasteiger partial charge in [0.25, 0.3) is 5.91 Å². The normalized spacial score (nSPS) is 11.0. The van der Waals surface area contributed by atoms with Crippen molar-refractivity contribution in [3.8, 4) is 16.3 Å². The van der Waals surface area contributed by atoms with Gasteiger partial charge in [-0.2, -0.15) is 0 Å². The van der Waals surface area contributed by atoms with Crippen molar-refractivity contribution in [3.63, 3.8) is 0 Å². The number of hydrogen-bond donors (Lipinski definition) is 3. The van der Waals surface area contributed by atoms with Gasteiger partial charge in [-0.25, -0.2) is 23.9 Å². The Balaban J connectivity index is 1.92. The lowest BCUT2D eigenvalue weighted by atomic mass is 10.0. The van der Waals surface area contributed by atoms with Gasteiger partial charge in [0.1, 0.15) is 16.6 Å². The average molecular weight is 684 g/mol. The number of halogens is 2. The number of carbonyl (C=O) groups excluding carboxylic acids is 3. The first kappa shape index (κ1) is 35.7. The number of rotatable bonds is 12. The van der Waals surface area contributed by atoms with Gasteiger partial charge < -0.3 is 25.0 Å². The largest absolute Gasteiger partial charge is 0.480 e. The summed E-state index contributed by atoms with van der Waals surface area (Å²) in [5, 5.41) is 13.3. The standard InChI is InChI=1S/C32H35F2N7O6S/c1-18(2)47-32(44)41(17-21-23(33)8-7-9-24(21)34)30-27(29(42)36-25-14-15-26(45-5)38-37-25)22(16-40(3)4)28(48-30)19-10-12-20(13-11-19)35-31(43)39-46-6/h7-15,18H,16-17H2,1-6H3,(H2,35,39,43)(H,36,37,42). The molecule has 48 heavy (non-hydrogen) atoms. The number of carbonyl (C=O) groups is 3. The number of hydrogen-bond acceptors (Lipinski definition) is 10. The second-order valence-electron chi connectivity index (χ2n) is 10.8. The summed E-state index contributed by atoms with van der Waals surface area (Å²) in [4.78, 5) is 47.9. The number of nitrogens with zero attached hydrogens (tertiary/aromatic N) is 4. The van der Waals surface area contributed by atoms with Gasteiger partial charge >= 0.3 is 12.1 Å². The molecule has 4 amide bonds. The number of methoxy groups -OCH3 is 1. The molecule has 2 aromatic heterocycles. The summed E-state index contributed by atoms with van der Waals surface area (Å²) in [5.74, 6) is -2.08. The average Bonchev–Trinajstić information content (AvgIpc) is 3.39. The minimum atomic E-state index is -0.918. The molecule has 0 atom stereocenters. The smallest absolute Gasteiger partial charge is 0.415 e. The molecule has 0 aliphatic rings. The minimum Gasteiger partial charge on any atom is -0.480 e. The number of ether oxygens (including phenoxy) is 2. The van der Waals surface area contributed by atoms with Crippen molar-refractivity contribution < 1.29 is 37.5 Å². The molecule has 254 valence electrons. The van der Waals surface area contributed by atoms with Gasteiger partial charge in [-0.05, 0) is 69.4 Å². The third kappa shape index (κ3) is 8.78. The molecule has 3 N–H and O–H groups in total. The van der Waals surface area contributed by atoms with Gasteiger partial charge in [0.15, 0.2) is 5.82 Å². The van der Waals surface area contributed by atoms with Crippen LogP contribution < -0.4 is 25.8 Å². The molecule has 0 saturated carbocycles. The van der Waals surface area contributed by atoms with Crippen LogP contribution in [0.4, 0.5) is 34.9 Å². The summed E-state index contributed by atoms with van der Waals surface area (Å²) < 4.78 is 40.6. The zero-order valence-corrected chi connectivity index (χ0v) is 27.9. The van der Waals surface area contributed by atoms with E-state index in [9.17, 15) is 23.2 Å². The Kier molecular flexibility index (Phi) is 11.9. The summed E-state index contributed by atoms with van der Waals surface area (Å²) in [6.07, 6.45) is -1.51. The molecule has 2 aromatic carbocycles. The Labute approximate surface area is 279 Å². The lowest BCUT2D eigenvalue weighted by molar-refractivity contribution is 0.102. The molecular weight excluding hydrogens is 648 g/mol. The first-order chi connectivity index (χ1) is 22.9. The summed E-state index contributed by atoms with van der Waals surface area (Å²) >= 11 is 1.07. The highest BCUT2D eigenvalue weighted by atomic mass is 32.1. The van der Waals surface area contributed by atoms with Crippen molar-refractivity contribution in [1.29, 1.82) is 0 Å². The van der Waals surface area contributed by atoms with Crippen LogP contribution in [-0.4, -0.2) is 67.5 Å². The van der Waals surface area contributed by atoms with E-state index in [1.54, 1.807) is 52.2 Å². The number of thiophene rings is 1. The van der Waals surface area contributed by atoms with Crippen molar-refractivity contribution in [3.05, 3.63) is 82.9 Å². The maximum Gasteiger partial charge on any atom is 0.415 e. The number of nitrogens with one attached hydrogen (secondary N) is 3. The number of anilines is 3. The fourth-order valence-electron chi connectivity index (χ4n) is 4.53.